The molecule has 0 bridgehead atoms. The predicted molar refractivity (Wildman–Crippen MR) is 84.9 cm³/mol. The Kier molecular flexibility index (Phi) is 4.58. The van der Waals surface area contributed by atoms with Gasteiger partial charge in [0.05, 0.1) is 18.4 Å². The maximum Gasteiger partial charge on any atom is 0.347 e. The lowest BCUT2D eigenvalue weighted by Gasteiger charge is -2.30. The zero-order chi connectivity index (χ0) is 18.3. The number of rotatable bonds is 4. The Balaban J connectivity index is 2.75. The van der Waals surface area contributed by atoms with Crippen LogP contribution in [-0.2, 0) is 21.3 Å². The zero-order valence-electron chi connectivity index (χ0n) is 13.9. The van der Waals surface area contributed by atoms with E-state index in [1.54, 1.807) is 0 Å². The lowest BCUT2D eigenvalue weighted by atomic mass is 9.75. The van der Waals surface area contributed by atoms with E-state index in [9.17, 15) is 22.8 Å². The third-order valence-corrected chi connectivity index (χ3v) is 4.00. The first kappa shape index (κ1) is 18.2. The standard InChI is InChI=1S/C15H19NO7S/c1-5-22-14(19)11-12(18)10-8(6-15(2,3)7-9(10)17)16-13(11)23-24(4,20)21/h5-7H2,1-4H3,(H,16,18). The molecule has 0 aromatic carbocycles. The highest BCUT2D eigenvalue weighted by atomic mass is 32.2. The van der Waals surface area contributed by atoms with Crippen molar-refractivity contribution in [2.45, 2.75) is 33.6 Å². The molecule has 0 spiro atoms. The summed E-state index contributed by atoms with van der Waals surface area (Å²) in [6, 6.07) is 0. The van der Waals surface area contributed by atoms with Crippen LogP contribution in [0.3, 0.4) is 0 Å². The van der Waals surface area contributed by atoms with Crippen molar-refractivity contribution in [2.75, 3.05) is 12.9 Å². The van der Waals surface area contributed by atoms with E-state index in [2.05, 4.69) is 4.98 Å². The minimum Gasteiger partial charge on any atom is -0.462 e. The van der Waals surface area contributed by atoms with E-state index in [1.807, 2.05) is 13.8 Å². The number of pyridine rings is 1. The molecule has 0 atom stereocenters. The van der Waals surface area contributed by atoms with Crippen LogP contribution >= 0.6 is 0 Å². The Morgan fingerprint density at radius 3 is 2.42 bits per heavy atom. The third kappa shape index (κ3) is 3.66. The molecule has 2 rings (SSSR count). The number of aromatic nitrogens is 1. The maximum atomic E-state index is 12.6. The summed E-state index contributed by atoms with van der Waals surface area (Å²) >= 11 is 0. The molecule has 1 heterocycles. The average Bonchev–Trinajstić information content (AvgIpc) is 2.33. The van der Waals surface area contributed by atoms with Gasteiger partial charge in [-0.2, -0.15) is 8.42 Å². The smallest absolute Gasteiger partial charge is 0.347 e. The van der Waals surface area contributed by atoms with E-state index < -0.39 is 44.2 Å². The second-order valence-corrected chi connectivity index (χ2v) is 8.04. The minimum absolute atomic E-state index is 0.0192. The van der Waals surface area contributed by atoms with Gasteiger partial charge in [0, 0.05) is 12.1 Å². The molecule has 1 aromatic heterocycles. The van der Waals surface area contributed by atoms with E-state index in [-0.39, 0.29) is 24.3 Å². The van der Waals surface area contributed by atoms with Gasteiger partial charge < -0.3 is 13.9 Å². The number of hydrogen-bond donors (Lipinski definition) is 1. The Hall–Kier alpha value is -2.16. The van der Waals surface area contributed by atoms with Gasteiger partial charge in [-0.15, -0.1) is 0 Å². The molecule has 0 fully saturated rings. The molecular formula is C15H19NO7S. The highest BCUT2D eigenvalue weighted by Gasteiger charge is 2.37. The van der Waals surface area contributed by atoms with Crippen molar-refractivity contribution in [1.82, 2.24) is 4.98 Å². The number of fused-ring (bicyclic) bond motifs is 1. The summed E-state index contributed by atoms with van der Waals surface area (Å²) < 4.78 is 32.4. The highest BCUT2D eigenvalue weighted by molar-refractivity contribution is 7.86. The van der Waals surface area contributed by atoms with Crippen LogP contribution in [-0.4, -0.2) is 38.0 Å². The molecule has 8 nitrogen and oxygen atoms in total. The Bertz CT molecular complexity index is 865. The maximum absolute atomic E-state index is 12.6. The first-order chi connectivity index (χ1) is 10.9. The van der Waals surface area contributed by atoms with Crippen molar-refractivity contribution in [2.24, 2.45) is 5.41 Å². The van der Waals surface area contributed by atoms with Crippen molar-refractivity contribution < 1.29 is 26.9 Å². The molecule has 0 aliphatic heterocycles. The molecule has 1 N–H and O–H groups in total. The van der Waals surface area contributed by atoms with E-state index in [0.717, 1.165) is 6.26 Å². The normalized spacial score (nSPS) is 16.4. The highest BCUT2D eigenvalue weighted by Crippen LogP contribution is 2.34. The van der Waals surface area contributed by atoms with Gasteiger partial charge in [0.1, 0.15) is 0 Å². The number of esters is 1. The number of Topliss-reactive ketones (excluding diaryl/α,β-unsaturated/α-hetero) is 1. The number of H-pyrrole nitrogens is 1. The summed E-state index contributed by atoms with van der Waals surface area (Å²) in [6.07, 6.45) is 1.28. The molecule has 24 heavy (non-hydrogen) atoms. The fourth-order valence-corrected chi connectivity index (χ4v) is 3.15. The molecule has 0 saturated heterocycles. The molecule has 0 radical (unpaired) electrons. The topological polar surface area (TPSA) is 120 Å². The second kappa shape index (κ2) is 6.04. The number of carbonyl (C=O) groups excluding carboxylic acids is 2. The molecular weight excluding hydrogens is 338 g/mol. The van der Waals surface area contributed by atoms with Crippen molar-refractivity contribution >= 4 is 21.9 Å². The number of ketones is 1. The molecule has 0 amide bonds. The van der Waals surface area contributed by atoms with Crippen LogP contribution in [0.5, 0.6) is 5.88 Å². The van der Waals surface area contributed by atoms with Gasteiger partial charge in [-0.05, 0) is 18.8 Å². The molecule has 1 aromatic rings. The first-order valence-corrected chi connectivity index (χ1v) is 9.16. The Labute approximate surface area is 139 Å². The summed E-state index contributed by atoms with van der Waals surface area (Å²) in [5.74, 6) is -1.97. The predicted octanol–water partition coefficient (Wildman–Crippen LogP) is 1.05. The van der Waals surface area contributed by atoms with Crippen LogP contribution in [0.4, 0.5) is 0 Å². The van der Waals surface area contributed by atoms with Gasteiger partial charge in [-0.25, -0.2) is 4.79 Å². The van der Waals surface area contributed by atoms with E-state index >= 15 is 0 Å². The van der Waals surface area contributed by atoms with Crippen LogP contribution in [0.15, 0.2) is 4.79 Å². The average molecular weight is 357 g/mol. The van der Waals surface area contributed by atoms with E-state index in [4.69, 9.17) is 8.92 Å². The third-order valence-electron chi connectivity index (χ3n) is 3.53. The molecule has 0 saturated carbocycles. The fourth-order valence-electron chi connectivity index (χ4n) is 2.72. The van der Waals surface area contributed by atoms with Crippen LogP contribution in [0, 0.1) is 5.41 Å². The van der Waals surface area contributed by atoms with Crippen LogP contribution in [0.2, 0.25) is 0 Å². The number of hydrogen-bond acceptors (Lipinski definition) is 7. The quantitative estimate of drug-likeness (QED) is 0.631. The molecule has 132 valence electrons. The van der Waals surface area contributed by atoms with Gasteiger partial charge >= 0.3 is 16.1 Å². The Morgan fingerprint density at radius 2 is 1.88 bits per heavy atom. The van der Waals surface area contributed by atoms with Gasteiger partial charge in [0.25, 0.3) is 0 Å². The van der Waals surface area contributed by atoms with Gasteiger partial charge in [-0.1, -0.05) is 13.8 Å². The fraction of sp³-hybridized carbons (Fsp3) is 0.533. The molecule has 1 aliphatic rings. The SMILES string of the molecule is CCOC(=O)c1c(OS(C)(=O)=O)[nH]c2c(c1=O)C(=O)CC(C)(C)C2. The van der Waals surface area contributed by atoms with Crippen LogP contribution < -0.4 is 9.61 Å². The molecule has 1 aliphatic carbocycles. The van der Waals surface area contributed by atoms with Crippen LogP contribution in [0.1, 0.15) is 53.6 Å². The number of aromatic amines is 1. The summed E-state index contributed by atoms with van der Waals surface area (Å²) in [7, 11) is -4.00. The lowest BCUT2D eigenvalue weighted by Crippen LogP contribution is -2.35. The van der Waals surface area contributed by atoms with Crippen molar-refractivity contribution in [3.05, 3.63) is 27.0 Å². The summed E-state index contributed by atoms with van der Waals surface area (Å²) in [4.78, 5) is 39.7. The number of nitrogens with one attached hydrogen (secondary N) is 1. The van der Waals surface area contributed by atoms with E-state index in [1.165, 1.54) is 6.92 Å². The van der Waals surface area contributed by atoms with Crippen molar-refractivity contribution in [1.29, 1.82) is 0 Å². The summed E-state index contributed by atoms with van der Waals surface area (Å²) in [5.41, 5.74) is -1.78. The van der Waals surface area contributed by atoms with Crippen LogP contribution in [0.25, 0.3) is 0 Å². The summed E-state index contributed by atoms with van der Waals surface area (Å²) in [5, 5.41) is 0. The van der Waals surface area contributed by atoms with Gasteiger partial charge in [-0.3, -0.25) is 9.59 Å². The van der Waals surface area contributed by atoms with Crippen molar-refractivity contribution in [3.63, 3.8) is 0 Å². The number of ether oxygens (including phenoxy) is 1. The monoisotopic (exact) mass is 357 g/mol. The number of carbonyl (C=O) groups is 2. The van der Waals surface area contributed by atoms with Gasteiger partial charge in [0.2, 0.25) is 11.3 Å². The van der Waals surface area contributed by atoms with E-state index in [0.29, 0.717) is 6.42 Å². The minimum atomic E-state index is -4.00. The largest absolute Gasteiger partial charge is 0.462 e. The zero-order valence-corrected chi connectivity index (χ0v) is 14.7. The Morgan fingerprint density at radius 1 is 1.25 bits per heavy atom. The van der Waals surface area contributed by atoms with Gasteiger partial charge in [0.15, 0.2) is 11.3 Å². The lowest BCUT2D eigenvalue weighted by molar-refractivity contribution is 0.0522. The van der Waals surface area contributed by atoms with Crippen molar-refractivity contribution in [3.8, 4) is 5.88 Å². The molecule has 9 heteroatoms. The summed E-state index contributed by atoms with van der Waals surface area (Å²) in [6.45, 7) is 5.22. The molecule has 0 unspecified atom stereocenters. The first-order valence-electron chi connectivity index (χ1n) is 7.34. The second-order valence-electron chi connectivity index (χ2n) is 6.46.